The second-order valence-corrected chi connectivity index (χ2v) is 4.35. The number of rotatable bonds is 0. The van der Waals surface area contributed by atoms with Gasteiger partial charge in [-0.3, -0.25) is 0 Å². The van der Waals surface area contributed by atoms with Gasteiger partial charge >= 0.3 is 0 Å². The molecule has 0 amide bonds. The number of fused-ring (bicyclic) bond motifs is 1. The molecule has 0 saturated heterocycles. The predicted octanol–water partition coefficient (Wildman–Crippen LogP) is 1.41. The molecule has 3 nitrogen and oxygen atoms in total. The first-order chi connectivity index (χ1) is 6.24. The molecule has 0 aliphatic carbocycles. The maximum absolute atomic E-state index is 8.93. The highest BCUT2D eigenvalue weighted by molar-refractivity contribution is 7.16. The van der Waals surface area contributed by atoms with E-state index >= 15 is 0 Å². The van der Waals surface area contributed by atoms with Crippen molar-refractivity contribution in [1.82, 2.24) is 5.32 Å². The maximum atomic E-state index is 8.93. The first kappa shape index (κ1) is 8.54. The summed E-state index contributed by atoms with van der Waals surface area (Å²) in [5.41, 5.74) is 7.56. The van der Waals surface area contributed by atoms with E-state index in [4.69, 9.17) is 11.0 Å². The molecule has 0 aromatic carbocycles. The van der Waals surface area contributed by atoms with Crippen LogP contribution in [0.15, 0.2) is 0 Å². The molecule has 1 unspecified atom stereocenters. The number of hydrogen-bond acceptors (Lipinski definition) is 4. The minimum Gasteiger partial charge on any atom is -0.389 e. The Kier molecular flexibility index (Phi) is 1.98. The van der Waals surface area contributed by atoms with E-state index in [9.17, 15) is 0 Å². The molecule has 1 aliphatic heterocycles. The van der Waals surface area contributed by atoms with E-state index < -0.39 is 0 Å². The third-order valence-corrected chi connectivity index (χ3v) is 3.49. The van der Waals surface area contributed by atoms with Crippen LogP contribution in [0.25, 0.3) is 0 Å². The second kappa shape index (κ2) is 3.02. The molecule has 1 aromatic rings. The summed E-state index contributed by atoms with van der Waals surface area (Å²) in [7, 11) is 0. The largest absolute Gasteiger partial charge is 0.389 e. The molecule has 2 rings (SSSR count). The Balaban J connectivity index is 2.60. The van der Waals surface area contributed by atoms with Gasteiger partial charge in [0.2, 0.25) is 0 Å². The Hall–Kier alpha value is -1.05. The van der Waals surface area contributed by atoms with Gasteiger partial charge in [-0.25, -0.2) is 0 Å². The number of nitrogens with one attached hydrogen (secondary N) is 1. The fourth-order valence-corrected chi connectivity index (χ4v) is 2.89. The van der Waals surface area contributed by atoms with Crippen molar-refractivity contribution in [2.45, 2.75) is 19.4 Å². The van der Waals surface area contributed by atoms with Gasteiger partial charge in [0.05, 0.1) is 5.56 Å². The Morgan fingerprint density at radius 3 is 3.15 bits per heavy atom. The van der Waals surface area contributed by atoms with Crippen LogP contribution in [-0.4, -0.2) is 6.54 Å². The lowest BCUT2D eigenvalue weighted by Gasteiger charge is -2.20. The van der Waals surface area contributed by atoms with Crippen LogP contribution in [0.2, 0.25) is 0 Å². The average Bonchev–Trinajstić information content (AvgIpc) is 2.42. The molecule has 3 N–H and O–H groups in total. The second-order valence-electron chi connectivity index (χ2n) is 3.22. The highest BCUT2D eigenvalue weighted by Crippen LogP contribution is 2.36. The molecule has 2 heterocycles. The number of hydrogen-bond donors (Lipinski definition) is 2. The Morgan fingerprint density at radius 1 is 1.69 bits per heavy atom. The molecule has 0 spiro atoms. The molecule has 13 heavy (non-hydrogen) atoms. The van der Waals surface area contributed by atoms with Crippen LogP contribution in [0.1, 0.15) is 29.0 Å². The number of nitrogens with two attached hydrogens (primary N) is 1. The minimum atomic E-state index is 0.270. The normalized spacial score (nSPS) is 20.8. The van der Waals surface area contributed by atoms with Crippen molar-refractivity contribution in [1.29, 1.82) is 5.26 Å². The highest BCUT2D eigenvalue weighted by Gasteiger charge is 2.23. The molecule has 1 aliphatic rings. The molecular formula is C9H11N3S. The van der Waals surface area contributed by atoms with Crippen LogP contribution >= 0.6 is 11.3 Å². The zero-order valence-electron chi connectivity index (χ0n) is 7.42. The van der Waals surface area contributed by atoms with Crippen LogP contribution < -0.4 is 11.1 Å². The van der Waals surface area contributed by atoms with Gasteiger partial charge in [0.15, 0.2) is 0 Å². The maximum Gasteiger partial charge on any atom is 0.104 e. The van der Waals surface area contributed by atoms with E-state index in [1.165, 1.54) is 4.88 Å². The van der Waals surface area contributed by atoms with Gasteiger partial charge in [0, 0.05) is 23.0 Å². The van der Waals surface area contributed by atoms with Crippen LogP contribution in [0.4, 0.5) is 5.00 Å². The first-order valence-electron chi connectivity index (χ1n) is 4.28. The van der Waals surface area contributed by atoms with Crippen molar-refractivity contribution in [3.63, 3.8) is 0 Å². The molecule has 68 valence electrons. The topological polar surface area (TPSA) is 61.8 Å². The van der Waals surface area contributed by atoms with Crippen molar-refractivity contribution >= 4 is 16.3 Å². The standard InChI is InChI=1S/C9H11N3S/c1-5-8-6(4-10)9(11)13-7(8)2-3-12-5/h5,12H,2-3,11H2,1H3. The summed E-state index contributed by atoms with van der Waals surface area (Å²) < 4.78 is 0. The molecule has 0 radical (unpaired) electrons. The van der Waals surface area contributed by atoms with Gasteiger partial charge in [0.1, 0.15) is 11.1 Å². The third-order valence-electron chi connectivity index (χ3n) is 2.40. The Labute approximate surface area is 81.2 Å². The van der Waals surface area contributed by atoms with E-state index in [2.05, 4.69) is 18.3 Å². The van der Waals surface area contributed by atoms with E-state index in [-0.39, 0.29) is 6.04 Å². The summed E-state index contributed by atoms with van der Waals surface area (Å²) in [6, 6.07) is 2.45. The number of anilines is 1. The van der Waals surface area contributed by atoms with Crippen LogP contribution in [0.5, 0.6) is 0 Å². The van der Waals surface area contributed by atoms with Crippen molar-refractivity contribution in [3.05, 3.63) is 16.0 Å². The fraction of sp³-hybridized carbons (Fsp3) is 0.444. The first-order valence-corrected chi connectivity index (χ1v) is 5.10. The summed E-state index contributed by atoms with van der Waals surface area (Å²) in [4.78, 5) is 1.28. The zero-order chi connectivity index (χ0) is 9.42. The molecule has 0 bridgehead atoms. The van der Waals surface area contributed by atoms with E-state index in [0.29, 0.717) is 10.6 Å². The summed E-state index contributed by atoms with van der Waals surface area (Å²) in [5.74, 6) is 0. The van der Waals surface area contributed by atoms with Gasteiger partial charge in [-0.15, -0.1) is 11.3 Å². The summed E-state index contributed by atoms with van der Waals surface area (Å²) in [6.07, 6.45) is 0.996. The van der Waals surface area contributed by atoms with E-state index in [1.54, 1.807) is 11.3 Å². The smallest absolute Gasteiger partial charge is 0.104 e. The quantitative estimate of drug-likeness (QED) is 0.655. The fourth-order valence-electron chi connectivity index (χ4n) is 1.77. The number of nitrogen functional groups attached to an aromatic ring is 1. The van der Waals surface area contributed by atoms with Gasteiger partial charge in [-0.2, -0.15) is 5.26 Å². The van der Waals surface area contributed by atoms with Crippen molar-refractivity contribution < 1.29 is 0 Å². The zero-order valence-corrected chi connectivity index (χ0v) is 8.24. The van der Waals surface area contributed by atoms with Gasteiger partial charge < -0.3 is 11.1 Å². The number of nitriles is 1. The summed E-state index contributed by atoms with van der Waals surface area (Å²) in [5, 5.41) is 12.9. The van der Waals surface area contributed by atoms with Gasteiger partial charge in [-0.05, 0) is 13.3 Å². The molecule has 0 fully saturated rings. The highest BCUT2D eigenvalue weighted by atomic mass is 32.1. The molecular weight excluding hydrogens is 182 g/mol. The summed E-state index contributed by atoms with van der Waals surface area (Å²) >= 11 is 1.56. The lowest BCUT2D eigenvalue weighted by Crippen LogP contribution is -2.27. The monoisotopic (exact) mass is 193 g/mol. The minimum absolute atomic E-state index is 0.270. The van der Waals surface area contributed by atoms with Crippen molar-refractivity contribution in [3.8, 4) is 6.07 Å². The molecule has 4 heteroatoms. The lowest BCUT2D eigenvalue weighted by molar-refractivity contribution is 0.546. The van der Waals surface area contributed by atoms with E-state index in [0.717, 1.165) is 18.5 Å². The van der Waals surface area contributed by atoms with Crippen molar-refractivity contribution in [2.24, 2.45) is 0 Å². The number of nitrogens with zero attached hydrogens (tertiary/aromatic N) is 1. The van der Waals surface area contributed by atoms with Crippen LogP contribution in [0, 0.1) is 11.3 Å². The molecule has 1 aromatic heterocycles. The molecule has 0 saturated carbocycles. The van der Waals surface area contributed by atoms with Gasteiger partial charge in [-0.1, -0.05) is 0 Å². The third kappa shape index (κ3) is 1.21. The van der Waals surface area contributed by atoms with Crippen LogP contribution in [0.3, 0.4) is 0 Å². The van der Waals surface area contributed by atoms with E-state index in [1.807, 2.05) is 0 Å². The lowest BCUT2D eigenvalue weighted by atomic mass is 9.99. The summed E-state index contributed by atoms with van der Waals surface area (Å²) in [6.45, 7) is 3.06. The average molecular weight is 193 g/mol. The van der Waals surface area contributed by atoms with Gasteiger partial charge in [0.25, 0.3) is 0 Å². The van der Waals surface area contributed by atoms with Crippen molar-refractivity contribution in [2.75, 3.05) is 12.3 Å². The Bertz CT molecular complexity index is 375. The Morgan fingerprint density at radius 2 is 2.46 bits per heavy atom. The SMILES string of the molecule is CC1NCCc2sc(N)c(C#N)c21. The molecule has 1 atom stereocenters. The number of thiophene rings is 1. The van der Waals surface area contributed by atoms with Crippen LogP contribution in [-0.2, 0) is 6.42 Å². The predicted molar refractivity (Wildman–Crippen MR) is 53.6 cm³/mol.